The molecular formula is C15H19N3O2S. The summed E-state index contributed by atoms with van der Waals surface area (Å²) in [7, 11) is 3.32. The molecule has 0 aliphatic rings. The highest BCUT2D eigenvalue weighted by Crippen LogP contribution is 2.24. The summed E-state index contributed by atoms with van der Waals surface area (Å²) in [4.78, 5) is 0. The molecule has 0 bridgehead atoms. The Kier molecular flexibility index (Phi) is 5.83. The molecule has 2 aromatic rings. The Hall–Kier alpha value is -1.79. The molecular weight excluding hydrogens is 286 g/mol. The van der Waals surface area contributed by atoms with Gasteiger partial charge in [0.25, 0.3) is 0 Å². The van der Waals surface area contributed by atoms with Crippen LogP contribution in [0, 0.1) is 0 Å². The number of hydrogen-bond acceptors (Lipinski definition) is 5. The van der Waals surface area contributed by atoms with E-state index in [1.807, 2.05) is 28.8 Å². The average Bonchev–Trinajstić information content (AvgIpc) is 2.89. The second-order valence-electron chi connectivity index (χ2n) is 4.37. The largest absolute Gasteiger partial charge is 0.497 e. The van der Waals surface area contributed by atoms with Gasteiger partial charge < -0.3 is 14.0 Å². The van der Waals surface area contributed by atoms with Gasteiger partial charge in [-0.05, 0) is 17.7 Å². The average molecular weight is 305 g/mol. The minimum atomic E-state index is 0.445. The van der Waals surface area contributed by atoms with Gasteiger partial charge in [-0.1, -0.05) is 30.0 Å². The topological polar surface area (TPSA) is 49.2 Å². The van der Waals surface area contributed by atoms with Crippen LogP contribution in [0.2, 0.25) is 0 Å². The minimum absolute atomic E-state index is 0.445. The van der Waals surface area contributed by atoms with E-state index in [1.165, 1.54) is 5.56 Å². The Morgan fingerprint density at radius 2 is 2.19 bits per heavy atom. The van der Waals surface area contributed by atoms with Gasteiger partial charge in [-0.3, -0.25) is 0 Å². The van der Waals surface area contributed by atoms with Crippen molar-refractivity contribution in [2.45, 2.75) is 24.1 Å². The zero-order valence-electron chi connectivity index (χ0n) is 12.3. The standard InChI is InChI=1S/C15H19N3O2S/c1-4-8-18-14(10-19-2)16-17-15(18)21-11-12-6-5-7-13(9-12)20-3/h4-7,9H,1,8,10-11H2,2-3H3. The maximum absolute atomic E-state index is 5.23. The van der Waals surface area contributed by atoms with Crippen LogP contribution < -0.4 is 4.74 Å². The lowest BCUT2D eigenvalue weighted by molar-refractivity contribution is 0.174. The maximum Gasteiger partial charge on any atom is 0.191 e. The van der Waals surface area contributed by atoms with E-state index in [-0.39, 0.29) is 0 Å². The molecule has 0 atom stereocenters. The van der Waals surface area contributed by atoms with Crippen molar-refractivity contribution in [1.29, 1.82) is 0 Å². The summed E-state index contributed by atoms with van der Waals surface area (Å²) in [6, 6.07) is 8.02. The molecule has 1 aromatic heterocycles. The molecule has 0 amide bonds. The van der Waals surface area contributed by atoms with Crippen LogP contribution in [0.1, 0.15) is 11.4 Å². The van der Waals surface area contributed by atoms with E-state index >= 15 is 0 Å². The molecule has 0 spiro atoms. The highest BCUT2D eigenvalue weighted by molar-refractivity contribution is 7.98. The fourth-order valence-electron chi connectivity index (χ4n) is 1.88. The molecule has 5 nitrogen and oxygen atoms in total. The van der Waals surface area contributed by atoms with Crippen molar-refractivity contribution < 1.29 is 9.47 Å². The quantitative estimate of drug-likeness (QED) is 0.554. The molecule has 0 saturated carbocycles. The lowest BCUT2D eigenvalue weighted by Crippen LogP contribution is -2.04. The van der Waals surface area contributed by atoms with E-state index in [9.17, 15) is 0 Å². The highest BCUT2D eigenvalue weighted by Gasteiger charge is 2.11. The van der Waals surface area contributed by atoms with Crippen molar-refractivity contribution in [3.63, 3.8) is 0 Å². The van der Waals surface area contributed by atoms with Crippen LogP contribution in [-0.4, -0.2) is 29.0 Å². The van der Waals surface area contributed by atoms with Crippen LogP contribution in [0.4, 0.5) is 0 Å². The number of hydrogen-bond donors (Lipinski definition) is 0. The van der Waals surface area contributed by atoms with Crippen molar-refractivity contribution in [2.24, 2.45) is 0 Å². The number of rotatable bonds is 8. The number of benzene rings is 1. The van der Waals surface area contributed by atoms with E-state index in [0.29, 0.717) is 13.2 Å². The summed E-state index contributed by atoms with van der Waals surface area (Å²) in [5.74, 6) is 2.48. The Balaban J connectivity index is 2.09. The third-order valence-electron chi connectivity index (χ3n) is 2.88. The number of thioether (sulfide) groups is 1. The summed E-state index contributed by atoms with van der Waals surface area (Å²) in [5, 5.41) is 9.26. The second kappa shape index (κ2) is 7.85. The molecule has 0 aliphatic carbocycles. The number of allylic oxidation sites excluding steroid dienone is 1. The summed E-state index contributed by atoms with van der Waals surface area (Å²) >= 11 is 1.64. The molecule has 2 rings (SSSR count). The van der Waals surface area contributed by atoms with E-state index < -0.39 is 0 Å². The first kappa shape index (κ1) is 15.6. The predicted octanol–water partition coefficient (Wildman–Crippen LogP) is 2.91. The third-order valence-corrected chi connectivity index (χ3v) is 3.92. The monoisotopic (exact) mass is 305 g/mol. The van der Waals surface area contributed by atoms with Gasteiger partial charge in [0.1, 0.15) is 12.4 Å². The van der Waals surface area contributed by atoms with Gasteiger partial charge in [0.05, 0.1) is 7.11 Å². The van der Waals surface area contributed by atoms with E-state index in [1.54, 1.807) is 26.0 Å². The van der Waals surface area contributed by atoms with Crippen LogP contribution in [0.25, 0.3) is 0 Å². The Morgan fingerprint density at radius 3 is 2.90 bits per heavy atom. The molecule has 0 unspecified atom stereocenters. The van der Waals surface area contributed by atoms with Crippen molar-refractivity contribution in [3.8, 4) is 5.75 Å². The molecule has 1 heterocycles. The summed E-state index contributed by atoms with van der Waals surface area (Å²) in [6.07, 6.45) is 1.83. The smallest absolute Gasteiger partial charge is 0.191 e. The van der Waals surface area contributed by atoms with Gasteiger partial charge in [-0.25, -0.2) is 0 Å². The maximum atomic E-state index is 5.23. The minimum Gasteiger partial charge on any atom is -0.497 e. The highest BCUT2D eigenvalue weighted by atomic mass is 32.2. The lowest BCUT2D eigenvalue weighted by atomic mass is 10.2. The Morgan fingerprint density at radius 1 is 1.33 bits per heavy atom. The van der Waals surface area contributed by atoms with E-state index in [4.69, 9.17) is 9.47 Å². The van der Waals surface area contributed by atoms with Crippen LogP contribution in [0.3, 0.4) is 0 Å². The van der Waals surface area contributed by atoms with Crippen molar-refractivity contribution in [3.05, 3.63) is 48.3 Å². The van der Waals surface area contributed by atoms with Gasteiger partial charge in [0, 0.05) is 19.4 Å². The van der Waals surface area contributed by atoms with Crippen LogP contribution in [0.15, 0.2) is 42.1 Å². The first-order chi connectivity index (χ1) is 10.3. The zero-order valence-corrected chi connectivity index (χ0v) is 13.1. The van der Waals surface area contributed by atoms with Crippen LogP contribution in [-0.2, 0) is 23.6 Å². The number of aromatic nitrogens is 3. The van der Waals surface area contributed by atoms with Crippen molar-refractivity contribution >= 4 is 11.8 Å². The molecule has 112 valence electrons. The number of ether oxygens (including phenoxy) is 2. The molecule has 0 radical (unpaired) electrons. The predicted molar refractivity (Wildman–Crippen MR) is 83.5 cm³/mol. The van der Waals surface area contributed by atoms with Crippen LogP contribution >= 0.6 is 11.8 Å². The van der Waals surface area contributed by atoms with Gasteiger partial charge in [0.2, 0.25) is 0 Å². The molecule has 1 aromatic carbocycles. The molecule has 0 saturated heterocycles. The van der Waals surface area contributed by atoms with Crippen molar-refractivity contribution in [1.82, 2.24) is 14.8 Å². The summed E-state index contributed by atoms with van der Waals surface area (Å²) in [6.45, 7) is 4.89. The Labute approximate surface area is 129 Å². The fourth-order valence-corrected chi connectivity index (χ4v) is 2.79. The number of nitrogens with zero attached hydrogens (tertiary/aromatic N) is 3. The third kappa shape index (κ3) is 4.09. The van der Waals surface area contributed by atoms with Gasteiger partial charge >= 0.3 is 0 Å². The molecule has 0 fully saturated rings. The normalized spacial score (nSPS) is 10.6. The molecule has 6 heteroatoms. The SMILES string of the molecule is C=CCn1c(COC)nnc1SCc1cccc(OC)c1. The number of methoxy groups -OCH3 is 2. The van der Waals surface area contributed by atoms with E-state index in [2.05, 4.69) is 22.8 Å². The fraction of sp³-hybridized carbons (Fsp3) is 0.333. The van der Waals surface area contributed by atoms with Gasteiger partial charge in [-0.2, -0.15) is 0 Å². The van der Waals surface area contributed by atoms with Crippen LogP contribution in [0.5, 0.6) is 5.75 Å². The molecule has 0 N–H and O–H groups in total. The second-order valence-corrected chi connectivity index (χ2v) is 5.31. The Bertz CT molecular complexity index is 598. The van der Waals surface area contributed by atoms with E-state index in [0.717, 1.165) is 22.5 Å². The first-order valence-electron chi connectivity index (χ1n) is 6.56. The van der Waals surface area contributed by atoms with Gasteiger partial charge in [-0.15, -0.1) is 16.8 Å². The lowest BCUT2D eigenvalue weighted by Gasteiger charge is -2.07. The summed E-state index contributed by atoms with van der Waals surface area (Å²) in [5.41, 5.74) is 1.18. The first-order valence-corrected chi connectivity index (χ1v) is 7.54. The summed E-state index contributed by atoms with van der Waals surface area (Å²) < 4.78 is 12.4. The zero-order chi connectivity index (χ0) is 15.1. The van der Waals surface area contributed by atoms with Gasteiger partial charge in [0.15, 0.2) is 11.0 Å². The molecule has 21 heavy (non-hydrogen) atoms. The van der Waals surface area contributed by atoms with Crippen molar-refractivity contribution in [2.75, 3.05) is 14.2 Å². The molecule has 0 aliphatic heterocycles.